The second-order valence-electron chi connectivity index (χ2n) is 4.35. The maximum Gasteiger partial charge on any atom is 0.225 e. The standard InChI is InChI=1S/C13H16N2O2/c1-9(10-5-3-2-4-6-10)15-13(17)11-7-12(16)14-8-11/h2-6,9,11H,7-8H2,1H3,(H,14,16)(H,15,17)/t9-,11?/m1/s1. The van der Waals surface area contributed by atoms with Crippen molar-refractivity contribution in [1.29, 1.82) is 0 Å². The molecule has 1 heterocycles. The number of rotatable bonds is 3. The van der Waals surface area contributed by atoms with Gasteiger partial charge >= 0.3 is 0 Å². The lowest BCUT2D eigenvalue weighted by Crippen LogP contribution is -2.33. The fourth-order valence-electron chi connectivity index (χ4n) is 1.95. The smallest absolute Gasteiger partial charge is 0.225 e. The van der Waals surface area contributed by atoms with E-state index in [9.17, 15) is 9.59 Å². The maximum absolute atomic E-state index is 11.9. The number of nitrogens with one attached hydrogen (secondary N) is 2. The van der Waals surface area contributed by atoms with Crippen LogP contribution in [0.5, 0.6) is 0 Å². The summed E-state index contributed by atoms with van der Waals surface area (Å²) in [6, 6.07) is 9.75. The molecule has 1 aliphatic heterocycles. The summed E-state index contributed by atoms with van der Waals surface area (Å²) in [7, 11) is 0. The molecule has 2 N–H and O–H groups in total. The van der Waals surface area contributed by atoms with Crippen LogP contribution in [0, 0.1) is 5.92 Å². The van der Waals surface area contributed by atoms with Gasteiger partial charge in [0.25, 0.3) is 0 Å². The molecule has 0 spiro atoms. The van der Waals surface area contributed by atoms with Gasteiger partial charge < -0.3 is 10.6 Å². The van der Waals surface area contributed by atoms with Gasteiger partial charge in [-0.05, 0) is 12.5 Å². The molecule has 0 aromatic heterocycles. The van der Waals surface area contributed by atoms with E-state index in [4.69, 9.17) is 0 Å². The second-order valence-corrected chi connectivity index (χ2v) is 4.35. The van der Waals surface area contributed by atoms with Crippen molar-refractivity contribution in [2.45, 2.75) is 19.4 Å². The van der Waals surface area contributed by atoms with E-state index in [1.54, 1.807) is 0 Å². The highest BCUT2D eigenvalue weighted by Gasteiger charge is 2.28. The first-order valence-electron chi connectivity index (χ1n) is 5.79. The highest BCUT2D eigenvalue weighted by molar-refractivity contribution is 5.89. The van der Waals surface area contributed by atoms with Crippen LogP contribution in [0.4, 0.5) is 0 Å². The molecule has 1 aromatic rings. The molecule has 0 radical (unpaired) electrons. The minimum atomic E-state index is -0.228. The third-order valence-electron chi connectivity index (χ3n) is 3.01. The van der Waals surface area contributed by atoms with E-state index in [1.165, 1.54) is 0 Å². The number of amides is 2. The molecular weight excluding hydrogens is 216 g/mol. The van der Waals surface area contributed by atoms with Gasteiger partial charge in [0.2, 0.25) is 11.8 Å². The van der Waals surface area contributed by atoms with E-state index in [1.807, 2.05) is 37.3 Å². The van der Waals surface area contributed by atoms with Crippen molar-refractivity contribution < 1.29 is 9.59 Å². The Balaban J connectivity index is 1.93. The molecule has 4 heteroatoms. The molecule has 1 aliphatic rings. The molecule has 1 aromatic carbocycles. The van der Waals surface area contributed by atoms with Crippen molar-refractivity contribution in [1.82, 2.24) is 10.6 Å². The fraction of sp³-hybridized carbons (Fsp3) is 0.385. The van der Waals surface area contributed by atoms with Crippen LogP contribution in [-0.2, 0) is 9.59 Å². The van der Waals surface area contributed by atoms with Gasteiger partial charge in [-0.1, -0.05) is 30.3 Å². The van der Waals surface area contributed by atoms with Crippen molar-refractivity contribution in [2.75, 3.05) is 6.54 Å². The number of benzene rings is 1. The second kappa shape index (κ2) is 4.99. The monoisotopic (exact) mass is 232 g/mol. The van der Waals surface area contributed by atoms with Gasteiger partial charge in [0.15, 0.2) is 0 Å². The van der Waals surface area contributed by atoms with Gasteiger partial charge in [-0.2, -0.15) is 0 Å². The summed E-state index contributed by atoms with van der Waals surface area (Å²) in [6.45, 7) is 2.39. The summed E-state index contributed by atoms with van der Waals surface area (Å²) >= 11 is 0. The Kier molecular flexibility index (Phi) is 3.42. The quantitative estimate of drug-likeness (QED) is 0.816. The molecule has 90 valence electrons. The van der Waals surface area contributed by atoms with Crippen molar-refractivity contribution in [3.63, 3.8) is 0 Å². The van der Waals surface area contributed by atoms with Crippen LogP contribution in [0.1, 0.15) is 24.9 Å². The van der Waals surface area contributed by atoms with E-state index in [0.29, 0.717) is 13.0 Å². The lowest BCUT2D eigenvalue weighted by atomic mass is 10.1. The topological polar surface area (TPSA) is 58.2 Å². The zero-order valence-corrected chi connectivity index (χ0v) is 9.77. The summed E-state index contributed by atoms with van der Waals surface area (Å²) in [5, 5.41) is 5.59. The van der Waals surface area contributed by atoms with Crippen molar-refractivity contribution >= 4 is 11.8 Å². The third kappa shape index (κ3) is 2.84. The minimum absolute atomic E-state index is 0.0283. The summed E-state index contributed by atoms with van der Waals surface area (Å²) < 4.78 is 0. The molecule has 0 bridgehead atoms. The van der Waals surface area contributed by atoms with Crippen LogP contribution in [0.2, 0.25) is 0 Å². The van der Waals surface area contributed by atoms with Gasteiger partial charge in [0, 0.05) is 13.0 Å². The van der Waals surface area contributed by atoms with Crippen LogP contribution >= 0.6 is 0 Å². The van der Waals surface area contributed by atoms with E-state index in [-0.39, 0.29) is 23.8 Å². The van der Waals surface area contributed by atoms with Crippen LogP contribution in [-0.4, -0.2) is 18.4 Å². The Bertz CT molecular complexity index is 417. The summed E-state index contributed by atoms with van der Waals surface area (Å²) in [4.78, 5) is 22.9. The largest absolute Gasteiger partial charge is 0.355 e. The maximum atomic E-state index is 11.9. The highest BCUT2D eigenvalue weighted by Crippen LogP contribution is 2.14. The zero-order chi connectivity index (χ0) is 12.3. The molecule has 4 nitrogen and oxygen atoms in total. The summed E-state index contributed by atoms with van der Waals surface area (Å²) in [6.07, 6.45) is 0.299. The predicted molar refractivity (Wildman–Crippen MR) is 64.1 cm³/mol. The molecule has 1 fully saturated rings. The van der Waals surface area contributed by atoms with E-state index >= 15 is 0 Å². The molecule has 2 atom stereocenters. The number of hydrogen-bond donors (Lipinski definition) is 2. The molecule has 0 saturated carbocycles. The molecular formula is C13H16N2O2. The van der Waals surface area contributed by atoms with E-state index < -0.39 is 0 Å². The molecule has 2 amide bonds. The van der Waals surface area contributed by atoms with Crippen molar-refractivity contribution in [3.8, 4) is 0 Å². The average molecular weight is 232 g/mol. The Morgan fingerprint density at radius 2 is 2.12 bits per heavy atom. The summed E-state index contributed by atoms with van der Waals surface area (Å²) in [5.74, 6) is -0.328. The zero-order valence-electron chi connectivity index (χ0n) is 9.77. The van der Waals surface area contributed by atoms with E-state index in [2.05, 4.69) is 10.6 Å². The van der Waals surface area contributed by atoms with Crippen molar-refractivity contribution in [2.24, 2.45) is 5.92 Å². The molecule has 0 aliphatic carbocycles. The SMILES string of the molecule is C[C@@H](NC(=O)C1CNC(=O)C1)c1ccccc1. The Morgan fingerprint density at radius 1 is 1.41 bits per heavy atom. The van der Waals surface area contributed by atoms with Gasteiger partial charge in [0.05, 0.1) is 12.0 Å². The third-order valence-corrected chi connectivity index (χ3v) is 3.01. The summed E-state index contributed by atoms with van der Waals surface area (Å²) in [5.41, 5.74) is 1.07. The van der Waals surface area contributed by atoms with E-state index in [0.717, 1.165) is 5.56 Å². The Hall–Kier alpha value is -1.84. The van der Waals surface area contributed by atoms with Gasteiger partial charge in [-0.25, -0.2) is 0 Å². The first kappa shape index (κ1) is 11.6. The normalized spacial score (nSPS) is 20.8. The molecule has 2 rings (SSSR count). The van der Waals surface area contributed by atoms with Gasteiger partial charge in [-0.3, -0.25) is 9.59 Å². The Labute approximate surface area is 100 Å². The predicted octanol–water partition coefficient (Wildman–Crippen LogP) is 1.000. The number of carbonyl (C=O) groups is 2. The first-order valence-corrected chi connectivity index (χ1v) is 5.79. The minimum Gasteiger partial charge on any atom is -0.355 e. The fourth-order valence-corrected chi connectivity index (χ4v) is 1.95. The van der Waals surface area contributed by atoms with Crippen LogP contribution < -0.4 is 10.6 Å². The molecule has 17 heavy (non-hydrogen) atoms. The lowest BCUT2D eigenvalue weighted by Gasteiger charge is -2.16. The Morgan fingerprint density at radius 3 is 2.71 bits per heavy atom. The number of hydrogen-bond acceptors (Lipinski definition) is 2. The molecule has 1 saturated heterocycles. The average Bonchev–Trinajstić information content (AvgIpc) is 2.77. The number of carbonyl (C=O) groups excluding carboxylic acids is 2. The lowest BCUT2D eigenvalue weighted by molar-refractivity contribution is -0.127. The van der Waals surface area contributed by atoms with Crippen LogP contribution in [0.3, 0.4) is 0 Å². The molecule has 1 unspecified atom stereocenters. The van der Waals surface area contributed by atoms with Gasteiger partial charge in [-0.15, -0.1) is 0 Å². The van der Waals surface area contributed by atoms with Crippen LogP contribution in [0.25, 0.3) is 0 Å². The first-order chi connectivity index (χ1) is 8.16. The van der Waals surface area contributed by atoms with Gasteiger partial charge in [0.1, 0.15) is 0 Å². The highest BCUT2D eigenvalue weighted by atomic mass is 16.2. The van der Waals surface area contributed by atoms with Crippen LogP contribution in [0.15, 0.2) is 30.3 Å². The van der Waals surface area contributed by atoms with Crippen molar-refractivity contribution in [3.05, 3.63) is 35.9 Å².